The minimum atomic E-state index is -3.11. The molecule has 0 radical (unpaired) electrons. The van der Waals surface area contributed by atoms with E-state index in [0.717, 1.165) is 5.56 Å². The Hall–Kier alpha value is -1.10. The first-order chi connectivity index (χ1) is 7.63. The van der Waals surface area contributed by atoms with Crippen molar-refractivity contribution >= 4 is 9.84 Å². The highest BCUT2D eigenvalue weighted by Gasteiger charge is 2.29. The van der Waals surface area contributed by atoms with Gasteiger partial charge in [-0.25, -0.2) is 8.42 Å². The zero-order chi connectivity index (χ0) is 13.3. The number of hydrogen-bond donors (Lipinski definition) is 0. The fourth-order valence-corrected chi connectivity index (χ4v) is 1.83. The lowest BCUT2D eigenvalue weighted by atomic mass is 10.1. The summed E-state index contributed by atoms with van der Waals surface area (Å²) in [5.41, 5.74) is 0.822. The van der Waals surface area contributed by atoms with Gasteiger partial charge in [-0.05, 0) is 38.8 Å². The van der Waals surface area contributed by atoms with Crippen LogP contribution in [0, 0.1) is 6.92 Å². The van der Waals surface area contributed by atoms with Crippen LogP contribution in [-0.4, -0.2) is 24.0 Å². The monoisotopic (exact) mass is 257 g/mol. The Morgan fingerprint density at radius 3 is 2.41 bits per heavy atom. The molecular formula is C12H19NO3S. The summed E-state index contributed by atoms with van der Waals surface area (Å²) in [4.78, 5) is 11.6. The standard InChI is InChI=1S/C12H19NO3S/c1-10-5-7-13(11(14)9-10)8-6-12(2,3)17(4,15)16/h5,7,9H,6,8H2,1-4H3. The van der Waals surface area contributed by atoms with Crippen molar-refractivity contribution in [3.8, 4) is 0 Å². The lowest BCUT2D eigenvalue weighted by Crippen LogP contribution is -2.33. The molecule has 96 valence electrons. The summed E-state index contributed by atoms with van der Waals surface area (Å²) in [5, 5.41) is 0. The Morgan fingerprint density at radius 2 is 1.94 bits per heavy atom. The summed E-state index contributed by atoms with van der Waals surface area (Å²) in [6.45, 7) is 5.63. The number of aromatic nitrogens is 1. The predicted molar refractivity (Wildman–Crippen MR) is 69.0 cm³/mol. The van der Waals surface area contributed by atoms with Crippen molar-refractivity contribution in [2.75, 3.05) is 6.26 Å². The molecule has 17 heavy (non-hydrogen) atoms. The van der Waals surface area contributed by atoms with Gasteiger partial charge in [-0.2, -0.15) is 0 Å². The molecule has 0 aliphatic heterocycles. The van der Waals surface area contributed by atoms with Crippen LogP contribution in [0.4, 0.5) is 0 Å². The number of aryl methyl sites for hydroxylation is 2. The summed E-state index contributed by atoms with van der Waals surface area (Å²) in [6, 6.07) is 3.39. The first kappa shape index (κ1) is 14.0. The molecule has 5 heteroatoms. The topological polar surface area (TPSA) is 56.1 Å². The van der Waals surface area contributed by atoms with Gasteiger partial charge in [0.05, 0.1) is 4.75 Å². The van der Waals surface area contributed by atoms with E-state index in [1.165, 1.54) is 6.26 Å². The van der Waals surface area contributed by atoms with Gasteiger partial charge in [0, 0.05) is 25.1 Å². The number of sulfone groups is 1. The Kier molecular flexibility index (Phi) is 3.81. The molecule has 0 aliphatic carbocycles. The summed E-state index contributed by atoms with van der Waals surface area (Å²) in [6.07, 6.45) is 3.36. The lowest BCUT2D eigenvalue weighted by molar-refractivity contribution is 0.495. The fourth-order valence-electron chi connectivity index (χ4n) is 1.37. The second kappa shape index (κ2) is 4.64. The van der Waals surface area contributed by atoms with E-state index in [2.05, 4.69) is 0 Å². The number of pyridine rings is 1. The van der Waals surface area contributed by atoms with Gasteiger partial charge in [-0.1, -0.05) is 0 Å². The Bertz CT molecular complexity index is 555. The number of rotatable bonds is 4. The molecule has 0 aromatic carbocycles. The minimum absolute atomic E-state index is 0.0886. The van der Waals surface area contributed by atoms with Crippen LogP contribution >= 0.6 is 0 Å². The molecule has 1 rings (SSSR count). The van der Waals surface area contributed by atoms with Crippen molar-refractivity contribution in [2.45, 2.75) is 38.5 Å². The molecule has 0 saturated carbocycles. The third-order valence-electron chi connectivity index (χ3n) is 3.11. The van der Waals surface area contributed by atoms with E-state index in [4.69, 9.17) is 0 Å². The first-order valence-corrected chi connectivity index (χ1v) is 7.39. The number of nitrogens with zero attached hydrogens (tertiary/aromatic N) is 1. The third kappa shape index (κ3) is 3.43. The van der Waals surface area contributed by atoms with E-state index in [9.17, 15) is 13.2 Å². The molecule has 0 unspecified atom stereocenters. The van der Waals surface area contributed by atoms with Crippen molar-refractivity contribution in [1.29, 1.82) is 0 Å². The highest BCUT2D eigenvalue weighted by molar-refractivity contribution is 7.92. The van der Waals surface area contributed by atoms with Crippen LogP contribution in [0.1, 0.15) is 25.8 Å². The molecule has 0 N–H and O–H groups in total. The van der Waals surface area contributed by atoms with E-state index < -0.39 is 14.6 Å². The van der Waals surface area contributed by atoms with E-state index in [1.54, 1.807) is 30.7 Å². The molecule has 0 aliphatic rings. The highest BCUT2D eigenvalue weighted by Crippen LogP contribution is 2.20. The first-order valence-electron chi connectivity index (χ1n) is 5.50. The maximum Gasteiger partial charge on any atom is 0.250 e. The quantitative estimate of drug-likeness (QED) is 0.818. The maximum atomic E-state index is 11.6. The van der Waals surface area contributed by atoms with E-state index >= 15 is 0 Å². The van der Waals surface area contributed by atoms with Crippen molar-refractivity contribution in [1.82, 2.24) is 4.57 Å². The fraction of sp³-hybridized carbons (Fsp3) is 0.583. The van der Waals surface area contributed by atoms with Crippen LogP contribution in [0.15, 0.2) is 23.1 Å². The van der Waals surface area contributed by atoms with E-state index in [-0.39, 0.29) is 5.56 Å². The average Bonchev–Trinajstić information content (AvgIpc) is 2.14. The Morgan fingerprint density at radius 1 is 1.35 bits per heavy atom. The third-order valence-corrected chi connectivity index (χ3v) is 5.32. The Labute approximate surface area is 102 Å². The van der Waals surface area contributed by atoms with Gasteiger partial charge in [0.2, 0.25) is 0 Å². The van der Waals surface area contributed by atoms with Gasteiger partial charge in [0.1, 0.15) is 0 Å². The summed E-state index contributed by atoms with van der Waals surface area (Å²) < 4.78 is 23.8. The van der Waals surface area contributed by atoms with Crippen LogP contribution in [0.5, 0.6) is 0 Å². The normalized spacial score (nSPS) is 12.7. The molecule has 4 nitrogen and oxygen atoms in total. The SMILES string of the molecule is Cc1ccn(CCC(C)(C)S(C)(=O)=O)c(=O)c1. The lowest BCUT2D eigenvalue weighted by Gasteiger charge is -2.22. The molecule has 0 fully saturated rings. The summed E-state index contributed by atoms with van der Waals surface area (Å²) in [7, 11) is -3.11. The molecule has 0 amide bonds. The zero-order valence-electron chi connectivity index (χ0n) is 10.7. The molecule has 1 aromatic rings. The molecule has 0 atom stereocenters. The minimum Gasteiger partial charge on any atom is -0.315 e. The molecular weight excluding hydrogens is 238 g/mol. The van der Waals surface area contributed by atoms with Crippen LogP contribution in [0.2, 0.25) is 0 Å². The molecule has 1 heterocycles. The van der Waals surface area contributed by atoms with Gasteiger partial charge < -0.3 is 4.57 Å². The van der Waals surface area contributed by atoms with Crippen LogP contribution < -0.4 is 5.56 Å². The average molecular weight is 257 g/mol. The van der Waals surface area contributed by atoms with Gasteiger partial charge in [-0.15, -0.1) is 0 Å². The smallest absolute Gasteiger partial charge is 0.250 e. The maximum absolute atomic E-state index is 11.6. The van der Waals surface area contributed by atoms with Crippen LogP contribution in [0.25, 0.3) is 0 Å². The molecule has 0 spiro atoms. The zero-order valence-corrected chi connectivity index (χ0v) is 11.5. The predicted octanol–water partition coefficient (Wildman–Crippen LogP) is 1.37. The molecule has 0 saturated heterocycles. The highest BCUT2D eigenvalue weighted by atomic mass is 32.2. The van der Waals surface area contributed by atoms with Gasteiger partial charge >= 0.3 is 0 Å². The summed E-state index contributed by atoms with van der Waals surface area (Å²) >= 11 is 0. The van der Waals surface area contributed by atoms with Gasteiger partial charge in [0.15, 0.2) is 9.84 Å². The van der Waals surface area contributed by atoms with Crippen molar-refractivity contribution in [3.05, 3.63) is 34.2 Å². The van der Waals surface area contributed by atoms with Crippen molar-refractivity contribution in [3.63, 3.8) is 0 Å². The van der Waals surface area contributed by atoms with Crippen LogP contribution in [0.3, 0.4) is 0 Å². The largest absolute Gasteiger partial charge is 0.315 e. The van der Waals surface area contributed by atoms with Crippen molar-refractivity contribution in [2.24, 2.45) is 0 Å². The van der Waals surface area contributed by atoms with E-state index in [0.29, 0.717) is 13.0 Å². The number of hydrogen-bond acceptors (Lipinski definition) is 3. The van der Waals surface area contributed by atoms with Crippen LogP contribution in [-0.2, 0) is 16.4 Å². The molecule has 0 bridgehead atoms. The van der Waals surface area contributed by atoms with Crippen molar-refractivity contribution < 1.29 is 8.42 Å². The van der Waals surface area contributed by atoms with Gasteiger partial charge in [-0.3, -0.25) is 4.79 Å². The Balaban J connectivity index is 2.85. The molecule has 1 aromatic heterocycles. The summed E-state index contributed by atoms with van der Waals surface area (Å²) in [5.74, 6) is 0. The second-order valence-electron chi connectivity index (χ2n) is 5.02. The van der Waals surface area contributed by atoms with Gasteiger partial charge in [0.25, 0.3) is 5.56 Å². The van der Waals surface area contributed by atoms with E-state index in [1.807, 2.05) is 13.0 Å². The second-order valence-corrected chi connectivity index (χ2v) is 7.67.